The summed E-state index contributed by atoms with van der Waals surface area (Å²) in [5, 5.41) is 0.357. The number of para-hydroxylation sites is 1. The summed E-state index contributed by atoms with van der Waals surface area (Å²) in [6, 6.07) is 17.7. The lowest BCUT2D eigenvalue weighted by Crippen LogP contribution is -2.09. The topological polar surface area (TPSA) is 60.2 Å². The summed E-state index contributed by atoms with van der Waals surface area (Å²) in [7, 11) is 0. The van der Waals surface area contributed by atoms with Crippen molar-refractivity contribution in [2.75, 3.05) is 0 Å². The number of hydrogen-bond acceptors (Lipinski definition) is 4. The van der Waals surface area contributed by atoms with Crippen molar-refractivity contribution in [3.05, 3.63) is 99.7 Å². The summed E-state index contributed by atoms with van der Waals surface area (Å²) < 4.78 is 19.5. The molecule has 3 aromatic carbocycles. The van der Waals surface area contributed by atoms with Crippen molar-refractivity contribution >= 4 is 16.7 Å². The van der Waals surface area contributed by atoms with Gasteiger partial charge in [-0.05, 0) is 43.3 Å². The van der Waals surface area contributed by atoms with Gasteiger partial charge in [-0.25, -0.2) is 14.2 Å². The van der Waals surface area contributed by atoms with E-state index in [0.717, 1.165) is 5.56 Å². The van der Waals surface area contributed by atoms with Gasteiger partial charge in [0.05, 0.1) is 16.5 Å². The van der Waals surface area contributed by atoms with Crippen LogP contribution in [0, 0.1) is 12.7 Å². The lowest BCUT2D eigenvalue weighted by atomic mass is 9.96. The number of carbonyl (C=O) groups excluding carboxylic acids is 1. The van der Waals surface area contributed by atoms with Crippen LogP contribution in [0.5, 0.6) is 0 Å². The summed E-state index contributed by atoms with van der Waals surface area (Å²) in [6.45, 7) is 1.83. The molecule has 0 aliphatic carbocycles. The van der Waals surface area contributed by atoms with Gasteiger partial charge in [0.25, 0.3) is 0 Å². The van der Waals surface area contributed by atoms with E-state index in [1.807, 2.05) is 6.92 Å². The largest absolute Gasteiger partial charge is 0.403 e. The first-order valence-corrected chi connectivity index (χ1v) is 8.35. The predicted octanol–water partition coefficient (Wildman–Crippen LogP) is 4.53. The highest BCUT2D eigenvalue weighted by atomic mass is 19.1. The molecule has 0 aliphatic rings. The van der Waals surface area contributed by atoms with Gasteiger partial charge in [-0.2, -0.15) is 0 Å². The summed E-state index contributed by atoms with van der Waals surface area (Å²) in [5.74, 6) is -1.08. The number of aryl methyl sites for hydroxylation is 1. The highest BCUT2D eigenvalue weighted by Crippen LogP contribution is 2.27. The van der Waals surface area contributed by atoms with Crippen molar-refractivity contribution in [1.82, 2.24) is 4.98 Å². The monoisotopic (exact) mass is 359 g/mol. The number of benzene rings is 3. The normalized spacial score (nSPS) is 10.9. The molecule has 1 heterocycles. The fourth-order valence-electron chi connectivity index (χ4n) is 2.96. The van der Waals surface area contributed by atoms with Gasteiger partial charge in [0.2, 0.25) is 5.89 Å². The van der Waals surface area contributed by atoms with Gasteiger partial charge in [-0.1, -0.05) is 35.9 Å². The Hall–Kier alpha value is -3.60. The fraction of sp³-hybridized carbons (Fsp3) is 0.0455. The third-order valence-corrected chi connectivity index (χ3v) is 4.30. The number of carbonyl (C=O) groups is 1. The van der Waals surface area contributed by atoms with Crippen molar-refractivity contribution < 1.29 is 13.6 Å². The predicted molar refractivity (Wildman–Crippen MR) is 100 cm³/mol. The van der Waals surface area contributed by atoms with Crippen molar-refractivity contribution in [2.45, 2.75) is 6.92 Å². The molecule has 0 saturated carbocycles. The zero-order valence-electron chi connectivity index (χ0n) is 14.4. The molecular weight excluding hydrogens is 345 g/mol. The second-order valence-electron chi connectivity index (χ2n) is 6.18. The molecule has 0 fully saturated rings. The number of nitrogens with zero attached hydrogens (tertiary/aromatic N) is 1. The molecule has 0 radical (unpaired) electrons. The molecule has 27 heavy (non-hydrogen) atoms. The fourth-order valence-corrected chi connectivity index (χ4v) is 2.96. The molecule has 1 aromatic heterocycles. The van der Waals surface area contributed by atoms with Crippen LogP contribution in [0.4, 0.5) is 4.39 Å². The molecule has 0 unspecified atom stereocenters. The maximum atomic E-state index is 14.1. The van der Waals surface area contributed by atoms with Crippen molar-refractivity contribution in [2.24, 2.45) is 0 Å². The van der Waals surface area contributed by atoms with Crippen LogP contribution < -0.4 is 5.63 Å². The van der Waals surface area contributed by atoms with Crippen LogP contribution >= 0.6 is 0 Å². The summed E-state index contributed by atoms with van der Waals surface area (Å²) in [5.41, 5.74) is 1.27. The van der Waals surface area contributed by atoms with Gasteiger partial charge in [0, 0.05) is 11.1 Å². The Bertz CT molecular complexity index is 1240. The lowest BCUT2D eigenvalue weighted by Gasteiger charge is -2.10. The first-order valence-electron chi connectivity index (χ1n) is 8.35. The van der Waals surface area contributed by atoms with Gasteiger partial charge < -0.3 is 4.42 Å². The number of rotatable bonds is 3. The van der Waals surface area contributed by atoms with Gasteiger partial charge in [0.15, 0.2) is 5.78 Å². The molecule has 0 aliphatic heterocycles. The molecule has 0 bridgehead atoms. The van der Waals surface area contributed by atoms with E-state index in [-0.39, 0.29) is 17.0 Å². The van der Waals surface area contributed by atoms with Crippen molar-refractivity contribution in [3.8, 4) is 11.5 Å². The number of hydrogen-bond donors (Lipinski definition) is 0. The Morgan fingerprint density at radius 2 is 1.70 bits per heavy atom. The Kier molecular flexibility index (Phi) is 4.12. The molecule has 5 heteroatoms. The Morgan fingerprint density at radius 1 is 0.963 bits per heavy atom. The van der Waals surface area contributed by atoms with Gasteiger partial charge in [-0.15, -0.1) is 0 Å². The summed E-state index contributed by atoms with van der Waals surface area (Å²) in [6.07, 6.45) is 0. The van der Waals surface area contributed by atoms with E-state index in [2.05, 4.69) is 4.98 Å². The van der Waals surface area contributed by atoms with Crippen molar-refractivity contribution in [1.29, 1.82) is 0 Å². The molecule has 4 aromatic rings. The summed E-state index contributed by atoms with van der Waals surface area (Å²) >= 11 is 0. The number of halogens is 1. The second-order valence-corrected chi connectivity index (χ2v) is 6.18. The first kappa shape index (κ1) is 16.8. The van der Waals surface area contributed by atoms with E-state index in [1.54, 1.807) is 48.5 Å². The first-order chi connectivity index (χ1) is 13.0. The number of fused-ring (bicyclic) bond motifs is 1. The van der Waals surface area contributed by atoms with Crippen LogP contribution in [0.3, 0.4) is 0 Å². The van der Waals surface area contributed by atoms with Crippen LogP contribution in [0.25, 0.3) is 22.4 Å². The Balaban J connectivity index is 1.94. The van der Waals surface area contributed by atoms with E-state index in [4.69, 9.17) is 4.42 Å². The minimum absolute atomic E-state index is 0.0263. The minimum Gasteiger partial charge on any atom is -0.403 e. The lowest BCUT2D eigenvalue weighted by molar-refractivity contribution is 0.103. The molecular formula is C22H14FNO3. The third-order valence-electron chi connectivity index (χ3n) is 4.30. The maximum absolute atomic E-state index is 14.1. The van der Waals surface area contributed by atoms with E-state index >= 15 is 0 Å². The SMILES string of the molecule is Cc1ccc(-c2nc3ccccc3c(=O)o2)c(C(=O)c2ccccc2F)c1. The minimum atomic E-state index is -0.608. The highest BCUT2D eigenvalue weighted by molar-refractivity contribution is 6.12. The quantitative estimate of drug-likeness (QED) is 0.504. The van der Waals surface area contributed by atoms with Crippen LogP contribution in [0.2, 0.25) is 0 Å². The Labute approximate surface area is 153 Å². The molecule has 0 N–H and O–H groups in total. The molecule has 0 amide bonds. The van der Waals surface area contributed by atoms with Crippen molar-refractivity contribution in [3.63, 3.8) is 0 Å². The standard InChI is InChI=1S/C22H14FNO3/c1-13-10-11-14(17(12-13)20(25)15-6-2-4-8-18(15)23)21-24-19-9-5-3-7-16(19)22(26)27-21/h2-12H,1H3. The number of aromatic nitrogens is 1. The second kappa shape index (κ2) is 6.61. The zero-order valence-corrected chi connectivity index (χ0v) is 14.4. The zero-order chi connectivity index (χ0) is 19.0. The summed E-state index contributed by atoms with van der Waals surface area (Å²) in [4.78, 5) is 29.7. The average molecular weight is 359 g/mol. The van der Waals surface area contributed by atoms with E-state index in [0.29, 0.717) is 16.5 Å². The van der Waals surface area contributed by atoms with E-state index in [9.17, 15) is 14.0 Å². The van der Waals surface area contributed by atoms with E-state index < -0.39 is 17.2 Å². The van der Waals surface area contributed by atoms with Gasteiger partial charge >= 0.3 is 5.63 Å². The van der Waals surface area contributed by atoms with E-state index in [1.165, 1.54) is 18.2 Å². The maximum Gasteiger partial charge on any atom is 0.347 e. The third kappa shape index (κ3) is 3.04. The average Bonchev–Trinajstić information content (AvgIpc) is 2.68. The smallest absolute Gasteiger partial charge is 0.347 e. The molecule has 4 nitrogen and oxygen atoms in total. The van der Waals surface area contributed by atoms with Gasteiger partial charge in [0.1, 0.15) is 5.82 Å². The Morgan fingerprint density at radius 3 is 2.52 bits per heavy atom. The number of ketones is 1. The highest BCUT2D eigenvalue weighted by Gasteiger charge is 2.20. The van der Waals surface area contributed by atoms with Crippen LogP contribution in [-0.4, -0.2) is 10.8 Å². The molecule has 0 saturated heterocycles. The molecule has 0 atom stereocenters. The van der Waals surface area contributed by atoms with Gasteiger partial charge in [-0.3, -0.25) is 4.79 Å². The van der Waals surface area contributed by atoms with Crippen LogP contribution in [0.1, 0.15) is 21.5 Å². The van der Waals surface area contributed by atoms with Crippen LogP contribution in [0.15, 0.2) is 75.9 Å². The molecule has 132 valence electrons. The molecule has 4 rings (SSSR count). The van der Waals surface area contributed by atoms with Crippen LogP contribution in [-0.2, 0) is 0 Å². The molecule has 0 spiro atoms.